The Hall–Kier alpha value is -2.64. The first kappa shape index (κ1) is 17.5. The topological polar surface area (TPSA) is 82.3 Å². The third kappa shape index (κ3) is 2.82. The van der Waals surface area contributed by atoms with Crippen LogP contribution in [-0.2, 0) is 10.0 Å². The van der Waals surface area contributed by atoms with Gasteiger partial charge in [-0.2, -0.15) is 0 Å². The number of rotatable bonds is 4. The highest BCUT2D eigenvalue weighted by molar-refractivity contribution is 7.89. The average molecular weight is 395 g/mol. The fourth-order valence-electron chi connectivity index (χ4n) is 4.66. The van der Waals surface area contributed by atoms with E-state index in [0.29, 0.717) is 18.0 Å². The number of amides is 1. The van der Waals surface area contributed by atoms with E-state index >= 15 is 0 Å². The van der Waals surface area contributed by atoms with Crippen LogP contribution < -0.4 is 4.72 Å². The summed E-state index contributed by atoms with van der Waals surface area (Å²) in [5.74, 6) is 0.302. The second-order valence-corrected chi connectivity index (χ2v) is 9.37. The van der Waals surface area contributed by atoms with Crippen LogP contribution in [0.25, 0.3) is 10.9 Å². The molecule has 0 spiro atoms. The number of para-hydroxylation sites is 1. The zero-order valence-corrected chi connectivity index (χ0v) is 16.0. The van der Waals surface area contributed by atoms with E-state index in [1.165, 1.54) is 0 Å². The Bertz CT molecular complexity index is 1140. The third-order valence-electron chi connectivity index (χ3n) is 5.92. The standard InChI is InChI=1S/C21H21N3O3S/c25-21(17-12-22-18-9-5-4-8-16(17)18)24-13-14-10-19(20(24)11-14)23-28(26,27)15-6-2-1-3-7-15/h1-9,12,14,19-20,22-23H,10-11,13H2/t14-,19+,20-/m1/s1. The number of carbonyl (C=O) groups is 1. The van der Waals surface area contributed by atoms with Gasteiger partial charge in [0.1, 0.15) is 0 Å². The van der Waals surface area contributed by atoms with E-state index in [4.69, 9.17) is 0 Å². The van der Waals surface area contributed by atoms with Crippen LogP contribution in [0.5, 0.6) is 0 Å². The van der Waals surface area contributed by atoms with Gasteiger partial charge < -0.3 is 9.88 Å². The molecule has 1 aromatic heterocycles. The Kier molecular flexibility index (Phi) is 4.03. The number of fused-ring (bicyclic) bond motifs is 3. The van der Waals surface area contributed by atoms with Crippen molar-refractivity contribution in [2.75, 3.05) is 6.54 Å². The van der Waals surface area contributed by atoms with Crippen LogP contribution in [0.2, 0.25) is 0 Å². The van der Waals surface area contributed by atoms with E-state index in [2.05, 4.69) is 9.71 Å². The quantitative estimate of drug-likeness (QED) is 0.713. The van der Waals surface area contributed by atoms with Gasteiger partial charge >= 0.3 is 0 Å². The maximum Gasteiger partial charge on any atom is 0.256 e. The van der Waals surface area contributed by atoms with Crippen molar-refractivity contribution in [1.29, 1.82) is 0 Å². The van der Waals surface area contributed by atoms with E-state index in [1.807, 2.05) is 29.2 Å². The molecule has 6 nitrogen and oxygen atoms in total. The summed E-state index contributed by atoms with van der Waals surface area (Å²) < 4.78 is 28.3. The molecule has 2 bridgehead atoms. The normalized spacial score (nSPS) is 24.1. The number of piperidine rings is 1. The molecular formula is C21H21N3O3S. The second kappa shape index (κ2) is 6.46. The van der Waals surface area contributed by atoms with Crippen LogP contribution in [0, 0.1) is 5.92 Å². The number of nitrogens with zero attached hydrogens (tertiary/aromatic N) is 1. The van der Waals surface area contributed by atoms with Gasteiger partial charge in [0.2, 0.25) is 10.0 Å². The maximum atomic E-state index is 13.2. The number of aromatic amines is 1. The molecule has 2 aromatic carbocycles. The molecule has 5 rings (SSSR count). The first-order valence-electron chi connectivity index (χ1n) is 9.47. The lowest BCUT2D eigenvalue weighted by atomic mass is 10.0. The van der Waals surface area contributed by atoms with E-state index in [9.17, 15) is 13.2 Å². The molecule has 2 fully saturated rings. The highest BCUT2D eigenvalue weighted by Gasteiger charge is 2.48. The van der Waals surface area contributed by atoms with Gasteiger partial charge in [-0.25, -0.2) is 13.1 Å². The summed E-state index contributed by atoms with van der Waals surface area (Å²) in [6.07, 6.45) is 3.37. The van der Waals surface area contributed by atoms with Gasteiger partial charge in [-0.3, -0.25) is 4.79 Å². The fourth-order valence-corrected chi connectivity index (χ4v) is 5.96. The minimum atomic E-state index is -3.60. The molecule has 7 heteroatoms. The average Bonchev–Trinajstić information content (AvgIpc) is 3.41. The Morgan fingerprint density at radius 1 is 1.04 bits per heavy atom. The lowest BCUT2D eigenvalue weighted by Gasteiger charge is -2.33. The molecule has 2 aliphatic rings. The van der Waals surface area contributed by atoms with Crippen molar-refractivity contribution >= 4 is 26.8 Å². The number of carbonyl (C=O) groups excluding carboxylic acids is 1. The predicted molar refractivity (Wildman–Crippen MR) is 106 cm³/mol. The largest absolute Gasteiger partial charge is 0.360 e. The van der Waals surface area contributed by atoms with E-state index < -0.39 is 10.0 Å². The molecule has 1 saturated heterocycles. The van der Waals surface area contributed by atoms with E-state index in [1.54, 1.807) is 36.5 Å². The number of aromatic nitrogens is 1. The Balaban J connectivity index is 1.39. The second-order valence-electron chi connectivity index (χ2n) is 7.65. The SMILES string of the molecule is O=C(c1c[nH]c2ccccc12)N1C[C@@H]2C[C@H](NS(=O)(=O)c3ccccc3)[C@H]1C2. The lowest BCUT2D eigenvalue weighted by molar-refractivity contribution is 0.0680. The van der Waals surface area contributed by atoms with Gasteiger partial charge in [0.05, 0.1) is 10.5 Å². The maximum absolute atomic E-state index is 13.2. The van der Waals surface area contributed by atoms with E-state index in [0.717, 1.165) is 23.7 Å². The summed E-state index contributed by atoms with van der Waals surface area (Å²) in [6.45, 7) is 0.687. The number of benzene rings is 2. The number of likely N-dealkylation sites (tertiary alicyclic amines) is 1. The van der Waals surface area contributed by atoms with Crippen LogP contribution in [0.1, 0.15) is 23.2 Å². The lowest BCUT2D eigenvalue weighted by Crippen LogP contribution is -2.51. The number of sulfonamides is 1. The first-order valence-corrected chi connectivity index (χ1v) is 11.0. The van der Waals surface area contributed by atoms with Crippen molar-refractivity contribution in [1.82, 2.24) is 14.6 Å². The molecule has 3 atom stereocenters. The van der Waals surface area contributed by atoms with Gasteiger partial charge in [0.25, 0.3) is 5.91 Å². The summed E-state index contributed by atoms with van der Waals surface area (Å²) in [5.41, 5.74) is 1.57. The summed E-state index contributed by atoms with van der Waals surface area (Å²) in [7, 11) is -3.60. The highest BCUT2D eigenvalue weighted by Crippen LogP contribution is 2.39. The van der Waals surface area contributed by atoms with Crippen LogP contribution >= 0.6 is 0 Å². The molecule has 0 unspecified atom stereocenters. The monoisotopic (exact) mass is 395 g/mol. The Morgan fingerprint density at radius 3 is 2.57 bits per heavy atom. The van der Waals surface area contributed by atoms with Crippen LogP contribution in [-0.4, -0.2) is 42.8 Å². The summed E-state index contributed by atoms with van der Waals surface area (Å²) in [6, 6.07) is 15.8. The number of nitrogens with one attached hydrogen (secondary N) is 2. The summed E-state index contributed by atoms with van der Waals surface area (Å²) >= 11 is 0. The molecule has 2 heterocycles. The number of H-pyrrole nitrogens is 1. The summed E-state index contributed by atoms with van der Waals surface area (Å²) in [4.78, 5) is 18.5. The van der Waals surface area contributed by atoms with Gasteiger partial charge in [-0.1, -0.05) is 36.4 Å². The molecule has 1 amide bonds. The molecule has 0 radical (unpaired) electrons. The molecule has 1 aliphatic heterocycles. The fraction of sp³-hybridized carbons (Fsp3) is 0.286. The van der Waals surface area contributed by atoms with Crippen molar-refractivity contribution in [3.63, 3.8) is 0 Å². The molecule has 1 aliphatic carbocycles. The molecule has 144 valence electrons. The third-order valence-corrected chi connectivity index (χ3v) is 7.43. The molecule has 28 heavy (non-hydrogen) atoms. The smallest absolute Gasteiger partial charge is 0.256 e. The summed E-state index contributed by atoms with van der Waals surface area (Å²) in [5, 5.41) is 0.900. The minimum absolute atomic E-state index is 0.0337. The number of hydrogen-bond acceptors (Lipinski definition) is 3. The zero-order chi connectivity index (χ0) is 19.3. The van der Waals surface area contributed by atoms with E-state index in [-0.39, 0.29) is 22.9 Å². The van der Waals surface area contributed by atoms with Crippen molar-refractivity contribution < 1.29 is 13.2 Å². The number of hydrogen-bond donors (Lipinski definition) is 2. The zero-order valence-electron chi connectivity index (χ0n) is 15.2. The van der Waals surface area contributed by atoms with Crippen molar-refractivity contribution in [2.45, 2.75) is 29.8 Å². The van der Waals surface area contributed by atoms with Crippen molar-refractivity contribution in [3.8, 4) is 0 Å². The van der Waals surface area contributed by atoms with Gasteiger partial charge in [0.15, 0.2) is 0 Å². The van der Waals surface area contributed by atoms with Crippen molar-refractivity contribution in [3.05, 3.63) is 66.4 Å². The molecule has 2 N–H and O–H groups in total. The molecule has 3 aromatic rings. The van der Waals surface area contributed by atoms with Crippen LogP contribution in [0.15, 0.2) is 65.7 Å². The Morgan fingerprint density at radius 2 is 1.79 bits per heavy atom. The van der Waals surface area contributed by atoms with Gasteiger partial charge in [0, 0.05) is 35.7 Å². The predicted octanol–water partition coefficient (Wildman–Crippen LogP) is 2.75. The highest BCUT2D eigenvalue weighted by atomic mass is 32.2. The molecule has 1 saturated carbocycles. The Labute approximate surface area is 163 Å². The van der Waals surface area contributed by atoms with Crippen LogP contribution in [0.3, 0.4) is 0 Å². The first-order chi connectivity index (χ1) is 13.5. The van der Waals surface area contributed by atoms with Crippen molar-refractivity contribution in [2.24, 2.45) is 5.92 Å². The van der Waals surface area contributed by atoms with Gasteiger partial charge in [-0.15, -0.1) is 0 Å². The minimum Gasteiger partial charge on any atom is -0.360 e. The molecular weight excluding hydrogens is 374 g/mol. The van der Waals surface area contributed by atoms with Gasteiger partial charge in [-0.05, 0) is 37.0 Å². The van der Waals surface area contributed by atoms with Crippen LogP contribution in [0.4, 0.5) is 0 Å².